The molecule has 18 heavy (non-hydrogen) atoms. The van der Waals surface area contributed by atoms with Crippen LogP contribution < -0.4 is 10.5 Å². The molecule has 1 aromatic heterocycles. The van der Waals surface area contributed by atoms with Crippen LogP contribution in [0.15, 0.2) is 47.1 Å². The normalized spacial score (nSPS) is 10.3. The molecular formula is C14H15BrN2O. The molecule has 0 amide bonds. The zero-order valence-electron chi connectivity index (χ0n) is 9.97. The molecule has 0 saturated heterocycles. The summed E-state index contributed by atoms with van der Waals surface area (Å²) in [6, 6.07) is 11.9. The van der Waals surface area contributed by atoms with Crippen molar-refractivity contribution < 1.29 is 4.74 Å². The number of aromatic nitrogens is 1. The van der Waals surface area contributed by atoms with Gasteiger partial charge in [-0.05, 0) is 58.7 Å². The molecule has 0 spiro atoms. The molecule has 0 aliphatic rings. The number of hydrogen-bond donors (Lipinski definition) is 1. The maximum Gasteiger partial charge on any atom is 0.130 e. The molecule has 4 heteroatoms. The van der Waals surface area contributed by atoms with E-state index in [2.05, 4.69) is 20.9 Å². The van der Waals surface area contributed by atoms with Gasteiger partial charge in [-0.2, -0.15) is 0 Å². The van der Waals surface area contributed by atoms with Crippen LogP contribution >= 0.6 is 15.9 Å². The topological polar surface area (TPSA) is 48.1 Å². The number of rotatable bonds is 5. The smallest absolute Gasteiger partial charge is 0.130 e. The fourth-order valence-corrected chi connectivity index (χ4v) is 1.80. The van der Waals surface area contributed by atoms with Crippen molar-refractivity contribution in [3.05, 3.63) is 58.3 Å². The highest BCUT2D eigenvalue weighted by atomic mass is 79.9. The van der Waals surface area contributed by atoms with Crippen LogP contribution in [-0.4, -0.2) is 11.5 Å². The number of nitrogens with two attached hydrogens (primary N) is 1. The SMILES string of the molecule is NCCc1ccc(OCc2ccc(Br)cn2)cc1. The molecule has 0 bridgehead atoms. The highest BCUT2D eigenvalue weighted by Crippen LogP contribution is 2.14. The molecule has 1 heterocycles. The third kappa shape index (κ3) is 3.82. The predicted molar refractivity (Wildman–Crippen MR) is 75.5 cm³/mol. The Morgan fingerprint density at radius 2 is 1.89 bits per heavy atom. The molecule has 94 valence electrons. The molecule has 2 N–H and O–H groups in total. The summed E-state index contributed by atoms with van der Waals surface area (Å²) < 4.78 is 6.63. The fourth-order valence-electron chi connectivity index (χ4n) is 1.57. The third-order valence-electron chi connectivity index (χ3n) is 2.53. The molecule has 1 aromatic carbocycles. The molecular weight excluding hydrogens is 292 g/mol. The standard InChI is InChI=1S/C14H15BrN2O/c15-12-3-4-13(17-9-12)10-18-14-5-1-11(2-6-14)7-8-16/h1-6,9H,7-8,10,16H2. The lowest BCUT2D eigenvalue weighted by Gasteiger charge is -2.06. The zero-order valence-corrected chi connectivity index (χ0v) is 11.6. The Labute approximate surface area is 115 Å². The first-order valence-corrected chi connectivity index (χ1v) is 6.59. The van der Waals surface area contributed by atoms with Gasteiger partial charge in [-0.3, -0.25) is 4.98 Å². The Morgan fingerprint density at radius 3 is 2.50 bits per heavy atom. The van der Waals surface area contributed by atoms with Crippen LogP contribution in [0.25, 0.3) is 0 Å². The fraction of sp³-hybridized carbons (Fsp3) is 0.214. The Morgan fingerprint density at radius 1 is 1.11 bits per heavy atom. The lowest BCUT2D eigenvalue weighted by molar-refractivity contribution is 0.301. The minimum absolute atomic E-state index is 0.476. The van der Waals surface area contributed by atoms with E-state index in [9.17, 15) is 0 Å². The van der Waals surface area contributed by atoms with Crippen molar-refractivity contribution in [3.63, 3.8) is 0 Å². The molecule has 0 unspecified atom stereocenters. The van der Waals surface area contributed by atoms with Crippen LogP contribution in [0.1, 0.15) is 11.3 Å². The first-order chi connectivity index (χ1) is 8.78. The van der Waals surface area contributed by atoms with E-state index < -0.39 is 0 Å². The molecule has 0 fully saturated rings. The van der Waals surface area contributed by atoms with E-state index >= 15 is 0 Å². The molecule has 0 radical (unpaired) electrons. The summed E-state index contributed by atoms with van der Waals surface area (Å²) in [6.07, 6.45) is 2.66. The molecule has 0 aliphatic heterocycles. The van der Waals surface area contributed by atoms with Gasteiger partial charge < -0.3 is 10.5 Å². The summed E-state index contributed by atoms with van der Waals surface area (Å²) in [5.74, 6) is 0.848. The van der Waals surface area contributed by atoms with E-state index in [4.69, 9.17) is 10.5 Å². The van der Waals surface area contributed by atoms with E-state index in [0.717, 1.165) is 22.3 Å². The largest absolute Gasteiger partial charge is 0.487 e. The van der Waals surface area contributed by atoms with Gasteiger partial charge in [-0.25, -0.2) is 0 Å². The summed E-state index contributed by atoms with van der Waals surface area (Å²) in [5.41, 5.74) is 7.64. The van der Waals surface area contributed by atoms with E-state index in [0.29, 0.717) is 13.2 Å². The van der Waals surface area contributed by atoms with Crippen LogP contribution in [0.3, 0.4) is 0 Å². The molecule has 0 atom stereocenters. The summed E-state index contributed by atoms with van der Waals surface area (Å²) in [7, 11) is 0. The second-order valence-electron chi connectivity index (χ2n) is 3.94. The average molecular weight is 307 g/mol. The minimum Gasteiger partial charge on any atom is -0.487 e. The first kappa shape index (κ1) is 13.1. The molecule has 0 saturated carbocycles. The second-order valence-corrected chi connectivity index (χ2v) is 4.85. The average Bonchev–Trinajstić information content (AvgIpc) is 2.40. The van der Waals surface area contributed by atoms with Gasteiger partial charge in [0.2, 0.25) is 0 Å². The predicted octanol–water partition coefficient (Wildman–Crippen LogP) is 2.92. The van der Waals surface area contributed by atoms with Gasteiger partial charge >= 0.3 is 0 Å². The van der Waals surface area contributed by atoms with Gasteiger partial charge in [0.05, 0.1) is 5.69 Å². The van der Waals surface area contributed by atoms with Crippen molar-refractivity contribution in [2.45, 2.75) is 13.0 Å². The number of hydrogen-bond acceptors (Lipinski definition) is 3. The number of halogens is 1. The van der Waals surface area contributed by atoms with Gasteiger partial charge in [-0.1, -0.05) is 12.1 Å². The molecule has 3 nitrogen and oxygen atoms in total. The second kappa shape index (κ2) is 6.52. The first-order valence-electron chi connectivity index (χ1n) is 5.80. The molecule has 2 aromatic rings. The third-order valence-corrected chi connectivity index (χ3v) is 3.00. The van der Waals surface area contributed by atoms with E-state index in [-0.39, 0.29) is 0 Å². The van der Waals surface area contributed by atoms with Crippen molar-refractivity contribution >= 4 is 15.9 Å². The summed E-state index contributed by atoms with van der Waals surface area (Å²) >= 11 is 3.35. The number of benzene rings is 1. The monoisotopic (exact) mass is 306 g/mol. The highest BCUT2D eigenvalue weighted by Gasteiger charge is 1.98. The Hall–Kier alpha value is -1.39. The molecule has 0 aliphatic carbocycles. The maximum atomic E-state index is 5.66. The zero-order chi connectivity index (χ0) is 12.8. The van der Waals surface area contributed by atoms with Crippen molar-refractivity contribution in [3.8, 4) is 5.75 Å². The van der Waals surface area contributed by atoms with Gasteiger partial charge in [-0.15, -0.1) is 0 Å². The number of nitrogens with zero attached hydrogens (tertiary/aromatic N) is 1. The summed E-state index contributed by atoms with van der Waals surface area (Å²) in [4.78, 5) is 4.25. The van der Waals surface area contributed by atoms with E-state index in [1.165, 1.54) is 5.56 Å². The van der Waals surface area contributed by atoms with E-state index in [1.807, 2.05) is 36.4 Å². The maximum absolute atomic E-state index is 5.66. The van der Waals surface area contributed by atoms with E-state index in [1.54, 1.807) is 6.20 Å². The minimum atomic E-state index is 0.476. The van der Waals surface area contributed by atoms with Gasteiger partial charge in [0.1, 0.15) is 12.4 Å². The lowest BCUT2D eigenvalue weighted by atomic mass is 10.1. The highest BCUT2D eigenvalue weighted by molar-refractivity contribution is 9.10. The summed E-state index contributed by atoms with van der Waals surface area (Å²) in [6.45, 7) is 1.15. The van der Waals surface area contributed by atoms with Gasteiger partial charge in [0.25, 0.3) is 0 Å². The van der Waals surface area contributed by atoms with Crippen LogP contribution in [0.5, 0.6) is 5.75 Å². The Bertz CT molecular complexity index is 482. The van der Waals surface area contributed by atoms with Gasteiger partial charge in [0, 0.05) is 10.7 Å². The van der Waals surface area contributed by atoms with Crippen molar-refractivity contribution in [2.24, 2.45) is 5.73 Å². The van der Waals surface area contributed by atoms with Crippen molar-refractivity contribution in [2.75, 3.05) is 6.54 Å². The van der Waals surface area contributed by atoms with Crippen LogP contribution in [-0.2, 0) is 13.0 Å². The summed E-state index contributed by atoms with van der Waals surface area (Å²) in [5, 5.41) is 0. The lowest BCUT2D eigenvalue weighted by Crippen LogP contribution is -2.02. The van der Waals surface area contributed by atoms with Crippen LogP contribution in [0.2, 0.25) is 0 Å². The van der Waals surface area contributed by atoms with Crippen LogP contribution in [0, 0.1) is 0 Å². The number of pyridine rings is 1. The Kier molecular flexibility index (Phi) is 4.73. The number of ether oxygens (including phenoxy) is 1. The van der Waals surface area contributed by atoms with Gasteiger partial charge in [0.15, 0.2) is 0 Å². The van der Waals surface area contributed by atoms with Crippen molar-refractivity contribution in [1.82, 2.24) is 4.98 Å². The quantitative estimate of drug-likeness (QED) is 0.924. The van der Waals surface area contributed by atoms with Crippen molar-refractivity contribution in [1.29, 1.82) is 0 Å². The van der Waals surface area contributed by atoms with Crippen LogP contribution in [0.4, 0.5) is 0 Å². The Balaban J connectivity index is 1.91. The molecule has 2 rings (SSSR count).